The topological polar surface area (TPSA) is 75.6 Å². The molecule has 0 radical (unpaired) electrons. The summed E-state index contributed by atoms with van der Waals surface area (Å²) in [6, 6.07) is 9.42. The van der Waals surface area contributed by atoms with Crippen LogP contribution in [0, 0.1) is 0 Å². The molecule has 0 bridgehead atoms. The molecule has 24 heavy (non-hydrogen) atoms. The lowest BCUT2D eigenvalue weighted by molar-refractivity contribution is -0.139. The third-order valence-corrected chi connectivity index (χ3v) is 3.54. The van der Waals surface area contributed by atoms with Gasteiger partial charge in [0.25, 0.3) is 0 Å². The van der Waals surface area contributed by atoms with Gasteiger partial charge >= 0.3 is 12.1 Å². The summed E-state index contributed by atoms with van der Waals surface area (Å²) in [5.41, 5.74) is 0.692. The molecule has 1 aromatic rings. The summed E-state index contributed by atoms with van der Waals surface area (Å²) >= 11 is 0. The zero-order valence-electron chi connectivity index (χ0n) is 14.9. The van der Waals surface area contributed by atoms with E-state index in [2.05, 4.69) is 17.4 Å². The maximum Gasteiger partial charge on any atom is 0.408 e. The fraction of sp³-hybridized carbons (Fsp3) is 0.579. The number of carbonyl (C=O) groups excluding carboxylic acids is 1. The SMILES string of the molecule is CC(C)(C)OC(=O)N[C@@H](CCCCCCc1ccccc1)C(=O)O. The molecule has 2 N–H and O–H groups in total. The minimum Gasteiger partial charge on any atom is -0.480 e. The van der Waals surface area contributed by atoms with Crippen LogP contribution in [0.4, 0.5) is 4.79 Å². The van der Waals surface area contributed by atoms with E-state index in [-0.39, 0.29) is 0 Å². The van der Waals surface area contributed by atoms with E-state index in [1.165, 1.54) is 5.56 Å². The highest BCUT2D eigenvalue weighted by molar-refractivity contribution is 5.79. The molecule has 1 aromatic carbocycles. The highest BCUT2D eigenvalue weighted by Crippen LogP contribution is 2.11. The van der Waals surface area contributed by atoms with Crippen molar-refractivity contribution in [1.82, 2.24) is 5.32 Å². The number of alkyl carbamates (subject to hydrolysis) is 1. The van der Waals surface area contributed by atoms with Gasteiger partial charge in [-0.1, -0.05) is 49.6 Å². The number of carboxylic acids is 1. The summed E-state index contributed by atoms with van der Waals surface area (Å²) in [5.74, 6) is -1.02. The Balaban J connectivity index is 2.22. The number of unbranched alkanes of at least 4 members (excludes halogenated alkanes) is 3. The summed E-state index contributed by atoms with van der Waals surface area (Å²) in [6.07, 6.45) is 4.63. The molecular weight excluding hydrogens is 306 g/mol. The fourth-order valence-corrected chi connectivity index (χ4v) is 2.38. The van der Waals surface area contributed by atoms with E-state index in [1.54, 1.807) is 20.8 Å². The normalized spacial score (nSPS) is 12.5. The average molecular weight is 335 g/mol. The third kappa shape index (κ3) is 9.18. The van der Waals surface area contributed by atoms with Crippen molar-refractivity contribution in [1.29, 1.82) is 0 Å². The van der Waals surface area contributed by atoms with Crippen molar-refractivity contribution < 1.29 is 19.4 Å². The Morgan fingerprint density at radius 3 is 2.29 bits per heavy atom. The lowest BCUT2D eigenvalue weighted by atomic mass is 10.0. The Bertz CT molecular complexity index is 508. The van der Waals surface area contributed by atoms with Crippen LogP contribution in [-0.4, -0.2) is 28.8 Å². The maximum absolute atomic E-state index is 11.7. The maximum atomic E-state index is 11.7. The molecule has 0 heterocycles. The molecule has 0 saturated carbocycles. The number of amides is 1. The van der Waals surface area contributed by atoms with Crippen LogP contribution >= 0.6 is 0 Å². The van der Waals surface area contributed by atoms with Crippen molar-refractivity contribution >= 4 is 12.1 Å². The van der Waals surface area contributed by atoms with Crippen LogP contribution in [0.15, 0.2) is 30.3 Å². The summed E-state index contributed by atoms with van der Waals surface area (Å²) in [5, 5.41) is 11.6. The number of aliphatic carboxylic acids is 1. The Labute approximate surface area is 144 Å². The minimum atomic E-state index is -1.02. The number of hydrogen-bond donors (Lipinski definition) is 2. The predicted octanol–water partition coefficient (Wildman–Crippen LogP) is 4.16. The number of ether oxygens (including phenoxy) is 1. The quantitative estimate of drug-likeness (QED) is 0.665. The first-order valence-electron chi connectivity index (χ1n) is 8.54. The number of carboxylic acid groups (broad SMARTS) is 1. The van der Waals surface area contributed by atoms with Gasteiger partial charge in [-0.05, 0) is 45.6 Å². The summed E-state index contributed by atoms with van der Waals surface area (Å²) in [6.45, 7) is 5.24. The van der Waals surface area contributed by atoms with Crippen LogP contribution in [0.1, 0.15) is 58.4 Å². The summed E-state index contributed by atoms with van der Waals surface area (Å²) < 4.78 is 5.10. The molecule has 1 atom stereocenters. The predicted molar refractivity (Wildman–Crippen MR) is 94.0 cm³/mol. The highest BCUT2D eigenvalue weighted by atomic mass is 16.6. The Morgan fingerprint density at radius 2 is 1.71 bits per heavy atom. The molecule has 0 fully saturated rings. The van der Waals surface area contributed by atoms with Gasteiger partial charge < -0.3 is 15.2 Å². The van der Waals surface area contributed by atoms with Crippen molar-refractivity contribution in [2.45, 2.75) is 70.9 Å². The van der Waals surface area contributed by atoms with Crippen LogP contribution < -0.4 is 5.32 Å². The van der Waals surface area contributed by atoms with E-state index in [0.717, 1.165) is 32.1 Å². The standard InChI is InChI=1S/C19H29NO4/c1-19(2,3)24-18(23)20-16(17(21)22)14-10-5-4-7-11-15-12-8-6-9-13-15/h6,8-9,12-13,16H,4-5,7,10-11,14H2,1-3H3,(H,20,23)(H,21,22)/t16-/m0/s1. The van der Waals surface area contributed by atoms with E-state index in [0.29, 0.717) is 6.42 Å². The molecule has 1 amide bonds. The van der Waals surface area contributed by atoms with Gasteiger partial charge in [-0.2, -0.15) is 0 Å². The first-order chi connectivity index (χ1) is 11.3. The second kappa shape index (κ2) is 9.96. The summed E-state index contributed by atoms with van der Waals surface area (Å²) in [7, 11) is 0. The van der Waals surface area contributed by atoms with Crippen molar-refractivity contribution in [3.63, 3.8) is 0 Å². The number of hydrogen-bond acceptors (Lipinski definition) is 3. The fourth-order valence-electron chi connectivity index (χ4n) is 2.38. The molecule has 134 valence electrons. The largest absolute Gasteiger partial charge is 0.480 e. The first-order valence-corrected chi connectivity index (χ1v) is 8.54. The van der Waals surface area contributed by atoms with Gasteiger partial charge in [0.1, 0.15) is 11.6 Å². The molecular formula is C19H29NO4. The average Bonchev–Trinajstić information content (AvgIpc) is 2.48. The Hall–Kier alpha value is -2.04. The minimum absolute atomic E-state index is 0.417. The van der Waals surface area contributed by atoms with Gasteiger partial charge in [0.05, 0.1) is 0 Å². The monoisotopic (exact) mass is 335 g/mol. The van der Waals surface area contributed by atoms with Gasteiger partial charge in [0, 0.05) is 0 Å². The van der Waals surface area contributed by atoms with Gasteiger partial charge in [-0.15, -0.1) is 0 Å². The molecule has 1 rings (SSSR count). The molecule has 0 aromatic heterocycles. The molecule has 0 aliphatic carbocycles. The molecule has 0 spiro atoms. The van der Waals surface area contributed by atoms with Crippen LogP contribution in [0.3, 0.4) is 0 Å². The van der Waals surface area contributed by atoms with E-state index < -0.39 is 23.7 Å². The van der Waals surface area contributed by atoms with Crippen molar-refractivity contribution in [2.24, 2.45) is 0 Å². The van der Waals surface area contributed by atoms with Gasteiger partial charge in [-0.3, -0.25) is 0 Å². The van der Waals surface area contributed by atoms with Gasteiger partial charge in [-0.25, -0.2) is 9.59 Å². The van der Waals surface area contributed by atoms with Crippen molar-refractivity contribution in [2.75, 3.05) is 0 Å². The number of carbonyl (C=O) groups is 2. The number of aryl methyl sites for hydroxylation is 1. The number of rotatable bonds is 9. The molecule has 0 unspecified atom stereocenters. The van der Waals surface area contributed by atoms with Crippen molar-refractivity contribution in [3.05, 3.63) is 35.9 Å². The zero-order chi connectivity index (χ0) is 18.0. The second-order valence-corrected chi connectivity index (χ2v) is 6.98. The van der Waals surface area contributed by atoms with Crippen molar-refractivity contribution in [3.8, 4) is 0 Å². The smallest absolute Gasteiger partial charge is 0.408 e. The number of nitrogens with one attached hydrogen (secondary N) is 1. The van der Waals surface area contributed by atoms with E-state index in [4.69, 9.17) is 4.74 Å². The first kappa shape index (κ1) is 20.0. The Kier molecular flexibility index (Phi) is 8.30. The molecule has 0 saturated heterocycles. The molecule has 0 aliphatic heterocycles. The lowest BCUT2D eigenvalue weighted by Crippen LogP contribution is -2.43. The second-order valence-electron chi connectivity index (χ2n) is 6.98. The third-order valence-electron chi connectivity index (χ3n) is 3.54. The van der Waals surface area contributed by atoms with Gasteiger partial charge in [0.15, 0.2) is 0 Å². The zero-order valence-corrected chi connectivity index (χ0v) is 14.9. The van der Waals surface area contributed by atoms with Crippen LogP contribution in [0.25, 0.3) is 0 Å². The van der Waals surface area contributed by atoms with Gasteiger partial charge in [0.2, 0.25) is 0 Å². The van der Waals surface area contributed by atoms with Crippen LogP contribution in [0.5, 0.6) is 0 Å². The Morgan fingerprint density at radius 1 is 1.08 bits per heavy atom. The molecule has 5 heteroatoms. The molecule has 0 aliphatic rings. The van der Waals surface area contributed by atoms with E-state index in [9.17, 15) is 14.7 Å². The lowest BCUT2D eigenvalue weighted by Gasteiger charge is -2.22. The van der Waals surface area contributed by atoms with E-state index >= 15 is 0 Å². The van der Waals surface area contributed by atoms with Crippen LogP contribution in [-0.2, 0) is 16.0 Å². The highest BCUT2D eigenvalue weighted by Gasteiger charge is 2.23. The molecule has 5 nitrogen and oxygen atoms in total. The van der Waals surface area contributed by atoms with E-state index in [1.807, 2.05) is 18.2 Å². The summed E-state index contributed by atoms with van der Waals surface area (Å²) in [4.78, 5) is 22.9. The number of benzene rings is 1. The van der Waals surface area contributed by atoms with Crippen LogP contribution in [0.2, 0.25) is 0 Å².